The smallest absolute Gasteiger partial charge is 0.104 e. The maximum atomic E-state index is 4.54. The molecule has 0 bridgehead atoms. The molecule has 0 fully saturated rings. The van der Waals surface area contributed by atoms with E-state index in [1.807, 2.05) is 6.33 Å². The fourth-order valence-electron chi connectivity index (χ4n) is 2.45. The molecule has 0 aromatic carbocycles. The lowest BCUT2D eigenvalue weighted by molar-refractivity contribution is 0.474. The number of H-pyrrole nitrogens is 1. The summed E-state index contributed by atoms with van der Waals surface area (Å²) in [5.41, 5.74) is 1.40. The number of aromatic nitrogens is 2. The van der Waals surface area contributed by atoms with Gasteiger partial charge in [-0.2, -0.15) is 0 Å². The van der Waals surface area contributed by atoms with Gasteiger partial charge in [-0.25, -0.2) is 4.98 Å². The number of imidazole rings is 1. The van der Waals surface area contributed by atoms with E-state index in [1.54, 1.807) is 0 Å². The lowest BCUT2D eigenvalue weighted by atomic mass is 9.90. The standard InChI is InChI=1S/C13H22N2Si/c1-16(2,3)13-12(14-10-15-13)9-11-7-5-4-6-8-11/h4-5,10-11H,6-9H2,1-3H3,(H,14,15)/t11-/m0/s1. The van der Waals surface area contributed by atoms with E-state index in [0.29, 0.717) is 0 Å². The van der Waals surface area contributed by atoms with Gasteiger partial charge in [0, 0.05) is 11.0 Å². The maximum absolute atomic E-state index is 4.54. The Morgan fingerprint density at radius 2 is 2.19 bits per heavy atom. The normalized spacial score (nSPS) is 21.3. The van der Waals surface area contributed by atoms with E-state index in [1.165, 1.54) is 36.7 Å². The van der Waals surface area contributed by atoms with E-state index < -0.39 is 8.07 Å². The first-order valence-corrected chi connectivity index (χ1v) is 9.75. The van der Waals surface area contributed by atoms with Gasteiger partial charge in [-0.15, -0.1) is 0 Å². The molecule has 0 amide bonds. The number of nitrogens with zero attached hydrogens (tertiary/aromatic N) is 1. The molecule has 0 aliphatic heterocycles. The predicted molar refractivity (Wildman–Crippen MR) is 71.8 cm³/mol. The largest absolute Gasteiger partial charge is 0.349 e. The summed E-state index contributed by atoms with van der Waals surface area (Å²) >= 11 is 0. The lowest BCUT2D eigenvalue weighted by Crippen LogP contribution is -2.41. The summed E-state index contributed by atoms with van der Waals surface area (Å²) in [7, 11) is -1.27. The van der Waals surface area contributed by atoms with Crippen molar-refractivity contribution in [3.05, 3.63) is 24.2 Å². The predicted octanol–water partition coefficient (Wildman–Crippen LogP) is 2.85. The van der Waals surface area contributed by atoms with Crippen LogP contribution in [0.4, 0.5) is 0 Å². The zero-order valence-corrected chi connectivity index (χ0v) is 11.6. The first kappa shape index (κ1) is 11.6. The minimum atomic E-state index is -1.27. The van der Waals surface area contributed by atoms with Crippen molar-refractivity contribution in [1.29, 1.82) is 0 Å². The third kappa shape index (κ3) is 2.64. The van der Waals surface area contributed by atoms with Crippen LogP contribution < -0.4 is 5.32 Å². The quantitative estimate of drug-likeness (QED) is 0.632. The topological polar surface area (TPSA) is 28.7 Å². The Kier molecular flexibility index (Phi) is 3.33. The van der Waals surface area contributed by atoms with Crippen LogP contribution in [0.25, 0.3) is 0 Å². The van der Waals surface area contributed by atoms with Gasteiger partial charge in [0.2, 0.25) is 0 Å². The molecule has 1 aliphatic carbocycles. The highest BCUT2D eigenvalue weighted by Crippen LogP contribution is 2.21. The molecule has 88 valence electrons. The van der Waals surface area contributed by atoms with Crippen molar-refractivity contribution in [3.8, 4) is 0 Å². The van der Waals surface area contributed by atoms with E-state index in [9.17, 15) is 0 Å². The van der Waals surface area contributed by atoms with Crippen LogP contribution in [-0.4, -0.2) is 18.0 Å². The van der Waals surface area contributed by atoms with Crippen molar-refractivity contribution >= 4 is 13.4 Å². The van der Waals surface area contributed by atoms with Crippen molar-refractivity contribution in [1.82, 2.24) is 9.97 Å². The third-order valence-electron chi connectivity index (χ3n) is 3.30. The summed E-state index contributed by atoms with van der Waals surface area (Å²) in [6.45, 7) is 7.11. The van der Waals surface area contributed by atoms with Gasteiger partial charge in [-0.05, 0) is 31.6 Å². The minimum absolute atomic E-state index is 0.820. The number of hydrogen-bond donors (Lipinski definition) is 1. The molecule has 3 heteroatoms. The van der Waals surface area contributed by atoms with E-state index in [4.69, 9.17) is 0 Å². The zero-order valence-electron chi connectivity index (χ0n) is 10.6. The van der Waals surface area contributed by atoms with Gasteiger partial charge in [0.05, 0.1) is 6.33 Å². The number of aromatic amines is 1. The van der Waals surface area contributed by atoms with Gasteiger partial charge >= 0.3 is 0 Å². The molecule has 1 atom stereocenters. The Balaban J connectivity index is 2.09. The van der Waals surface area contributed by atoms with Crippen LogP contribution in [0.15, 0.2) is 18.5 Å². The van der Waals surface area contributed by atoms with Crippen LogP contribution in [0, 0.1) is 5.92 Å². The Morgan fingerprint density at radius 1 is 1.38 bits per heavy atom. The molecule has 0 saturated carbocycles. The van der Waals surface area contributed by atoms with Crippen LogP contribution in [0.5, 0.6) is 0 Å². The SMILES string of the molecule is C[Si](C)(C)c1nc[nH]c1C[C@H]1CC=CCC1. The Morgan fingerprint density at radius 3 is 2.81 bits per heavy atom. The molecule has 0 radical (unpaired) electrons. The first-order chi connectivity index (χ1) is 7.57. The van der Waals surface area contributed by atoms with Crippen LogP contribution in [-0.2, 0) is 6.42 Å². The summed E-state index contributed by atoms with van der Waals surface area (Å²) in [6.07, 6.45) is 11.5. The molecule has 1 N–H and O–H groups in total. The van der Waals surface area contributed by atoms with Gasteiger partial charge in [-0.3, -0.25) is 0 Å². The maximum Gasteiger partial charge on any atom is 0.104 e. The van der Waals surface area contributed by atoms with E-state index >= 15 is 0 Å². The van der Waals surface area contributed by atoms with Crippen molar-refractivity contribution in [2.45, 2.75) is 45.3 Å². The molecule has 1 aliphatic rings. The van der Waals surface area contributed by atoms with Crippen molar-refractivity contribution in [3.63, 3.8) is 0 Å². The van der Waals surface area contributed by atoms with Crippen LogP contribution in [0.2, 0.25) is 19.6 Å². The summed E-state index contributed by atoms with van der Waals surface area (Å²) in [5, 5.41) is 1.38. The van der Waals surface area contributed by atoms with Gasteiger partial charge in [-0.1, -0.05) is 31.8 Å². The molecule has 1 aromatic heterocycles. The van der Waals surface area contributed by atoms with E-state index in [2.05, 4.69) is 41.8 Å². The molecule has 2 rings (SSSR count). The summed E-state index contributed by atoms with van der Waals surface area (Å²) in [4.78, 5) is 7.90. The molecule has 0 spiro atoms. The molecule has 2 nitrogen and oxygen atoms in total. The monoisotopic (exact) mass is 234 g/mol. The molecule has 1 heterocycles. The average Bonchev–Trinajstić information content (AvgIpc) is 2.67. The highest BCUT2D eigenvalue weighted by atomic mass is 28.3. The highest BCUT2D eigenvalue weighted by Gasteiger charge is 2.24. The lowest BCUT2D eigenvalue weighted by Gasteiger charge is -2.20. The second kappa shape index (κ2) is 4.58. The molecule has 0 saturated heterocycles. The molecular weight excluding hydrogens is 212 g/mol. The fraction of sp³-hybridized carbons (Fsp3) is 0.615. The summed E-state index contributed by atoms with van der Waals surface area (Å²) < 4.78 is 0. The molecule has 16 heavy (non-hydrogen) atoms. The van der Waals surface area contributed by atoms with E-state index in [-0.39, 0.29) is 0 Å². The minimum Gasteiger partial charge on any atom is -0.349 e. The summed E-state index contributed by atoms with van der Waals surface area (Å²) in [6, 6.07) is 0. The first-order valence-electron chi connectivity index (χ1n) is 6.25. The average molecular weight is 234 g/mol. The fourth-order valence-corrected chi connectivity index (χ4v) is 3.98. The van der Waals surface area contributed by atoms with Gasteiger partial charge in [0.1, 0.15) is 8.07 Å². The summed E-state index contributed by atoms with van der Waals surface area (Å²) in [5.74, 6) is 0.820. The zero-order chi connectivity index (χ0) is 11.6. The number of hydrogen-bond acceptors (Lipinski definition) is 1. The van der Waals surface area contributed by atoms with Gasteiger partial charge < -0.3 is 4.98 Å². The Bertz CT molecular complexity index is 374. The van der Waals surface area contributed by atoms with E-state index in [0.717, 1.165) is 5.92 Å². The number of allylic oxidation sites excluding steroid dienone is 2. The third-order valence-corrected chi connectivity index (χ3v) is 5.15. The highest BCUT2D eigenvalue weighted by molar-refractivity contribution is 6.88. The number of nitrogens with one attached hydrogen (secondary N) is 1. The van der Waals surface area contributed by atoms with Crippen LogP contribution >= 0.6 is 0 Å². The second-order valence-electron chi connectivity index (χ2n) is 5.83. The van der Waals surface area contributed by atoms with Crippen LogP contribution in [0.1, 0.15) is 25.0 Å². The second-order valence-corrected chi connectivity index (χ2v) is 10.8. The van der Waals surface area contributed by atoms with Crippen molar-refractivity contribution in [2.24, 2.45) is 5.92 Å². The van der Waals surface area contributed by atoms with Gasteiger partial charge in [0.15, 0.2) is 0 Å². The van der Waals surface area contributed by atoms with Gasteiger partial charge in [0.25, 0.3) is 0 Å². The number of rotatable bonds is 3. The van der Waals surface area contributed by atoms with Crippen molar-refractivity contribution < 1.29 is 0 Å². The molecule has 1 aromatic rings. The van der Waals surface area contributed by atoms with Crippen molar-refractivity contribution in [2.75, 3.05) is 0 Å². The molecular formula is C13H22N2Si. The Hall–Kier alpha value is -0.833. The molecule has 0 unspecified atom stereocenters. The van der Waals surface area contributed by atoms with Crippen LogP contribution in [0.3, 0.4) is 0 Å². The Labute approximate surface area is 99.2 Å².